The second-order valence-electron chi connectivity index (χ2n) is 2.58. The summed E-state index contributed by atoms with van der Waals surface area (Å²) in [7, 11) is -3.12. The van der Waals surface area contributed by atoms with Gasteiger partial charge < -0.3 is 14.7 Å². The van der Waals surface area contributed by atoms with Gasteiger partial charge in [-0.3, -0.25) is 9.36 Å². The smallest absolute Gasteiger partial charge is 0.306 e. The lowest BCUT2D eigenvalue weighted by atomic mass is 10.5. The predicted octanol–water partition coefficient (Wildman–Crippen LogP) is 0.202. The van der Waals surface area contributed by atoms with Crippen LogP contribution in [-0.4, -0.2) is 41.5 Å². The average molecular weight is 210 g/mol. The topological polar surface area (TPSA) is 83.8 Å². The van der Waals surface area contributed by atoms with E-state index < -0.39 is 13.3 Å². The van der Waals surface area contributed by atoms with Crippen molar-refractivity contribution in [3.8, 4) is 0 Å². The van der Waals surface area contributed by atoms with Gasteiger partial charge in [0.25, 0.3) is 0 Å². The molecule has 6 heteroatoms. The van der Waals surface area contributed by atoms with Crippen molar-refractivity contribution in [2.45, 2.75) is 13.3 Å². The van der Waals surface area contributed by atoms with Crippen LogP contribution in [0.4, 0.5) is 0 Å². The molecule has 2 N–H and O–H groups in total. The van der Waals surface area contributed by atoms with E-state index in [2.05, 4.69) is 4.74 Å². The highest BCUT2D eigenvalue weighted by molar-refractivity contribution is 7.57. The van der Waals surface area contributed by atoms with E-state index in [4.69, 9.17) is 10.00 Å². The van der Waals surface area contributed by atoms with Crippen LogP contribution in [0.25, 0.3) is 0 Å². The molecule has 1 atom stereocenters. The lowest BCUT2D eigenvalue weighted by molar-refractivity contribution is -0.144. The Bertz CT molecular complexity index is 203. The van der Waals surface area contributed by atoms with Gasteiger partial charge >= 0.3 is 5.97 Å². The van der Waals surface area contributed by atoms with Crippen LogP contribution >= 0.6 is 7.37 Å². The van der Waals surface area contributed by atoms with E-state index in [9.17, 15) is 9.36 Å². The molecule has 0 heterocycles. The number of ether oxygens (including phenoxy) is 1. The van der Waals surface area contributed by atoms with Gasteiger partial charge in [-0.1, -0.05) is 6.92 Å². The lowest BCUT2D eigenvalue weighted by Crippen LogP contribution is -2.10. The lowest BCUT2D eigenvalue weighted by Gasteiger charge is -2.07. The van der Waals surface area contributed by atoms with Crippen LogP contribution in [0.15, 0.2) is 0 Å². The summed E-state index contributed by atoms with van der Waals surface area (Å²) in [5.41, 5.74) is 0. The molecule has 0 aromatic rings. The summed E-state index contributed by atoms with van der Waals surface area (Å²) in [4.78, 5) is 19.9. The maximum atomic E-state index is 11.1. The van der Waals surface area contributed by atoms with Gasteiger partial charge in [0.15, 0.2) is 0 Å². The van der Waals surface area contributed by atoms with Crippen LogP contribution in [0.1, 0.15) is 13.3 Å². The molecule has 0 fully saturated rings. The fraction of sp³-hybridized carbons (Fsp3) is 0.857. The van der Waals surface area contributed by atoms with Crippen LogP contribution in [0, 0.1) is 0 Å². The fourth-order valence-corrected chi connectivity index (χ4v) is 1.50. The predicted molar refractivity (Wildman–Crippen MR) is 47.9 cm³/mol. The molecular weight excluding hydrogens is 195 g/mol. The Labute approximate surface area is 77.2 Å². The van der Waals surface area contributed by atoms with Crippen molar-refractivity contribution in [3.05, 3.63) is 0 Å². The first-order chi connectivity index (χ1) is 6.02. The zero-order chi connectivity index (χ0) is 10.3. The van der Waals surface area contributed by atoms with E-state index in [0.717, 1.165) is 0 Å². The summed E-state index contributed by atoms with van der Waals surface area (Å²) in [6.45, 7) is 1.32. The molecule has 0 aromatic carbocycles. The largest absolute Gasteiger partial charge is 0.463 e. The molecule has 0 aliphatic carbocycles. The first-order valence-corrected chi connectivity index (χ1v) is 6.12. The third kappa shape index (κ3) is 6.75. The Balaban J connectivity index is 3.64. The average Bonchev–Trinajstić information content (AvgIpc) is 2.11. The summed E-state index contributed by atoms with van der Waals surface area (Å²) >= 11 is 0. The van der Waals surface area contributed by atoms with Gasteiger partial charge in [0.2, 0.25) is 7.37 Å². The number of esters is 1. The molecule has 0 saturated carbocycles. The van der Waals surface area contributed by atoms with Crippen molar-refractivity contribution < 1.29 is 24.1 Å². The first-order valence-electron chi connectivity index (χ1n) is 4.09. The molecule has 0 bridgehead atoms. The number of hydrogen-bond donors (Lipinski definition) is 2. The zero-order valence-electron chi connectivity index (χ0n) is 7.60. The van der Waals surface area contributed by atoms with E-state index >= 15 is 0 Å². The Morgan fingerprint density at radius 3 is 2.62 bits per heavy atom. The van der Waals surface area contributed by atoms with Crippen LogP contribution < -0.4 is 0 Å². The molecule has 0 aliphatic heterocycles. The molecule has 0 spiro atoms. The Kier molecular flexibility index (Phi) is 5.95. The highest BCUT2D eigenvalue weighted by atomic mass is 31.2. The van der Waals surface area contributed by atoms with Crippen LogP contribution in [0.2, 0.25) is 0 Å². The second-order valence-corrected chi connectivity index (χ2v) is 5.35. The van der Waals surface area contributed by atoms with Gasteiger partial charge in [0, 0.05) is 12.3 Å². The second kappa shape index (κ2) is 6.13. The van der Waals surface area contributed by atoms with Crippen molar-refractivity contribution in [1.29, 1.82) is 0 Å². The van der Waals surface area contributed by atoms with E-state index in [-0.39, 0.29) is 32.0 Å². The van der Waals surface area contributed by atoms with Gasteiger partial charge in [-0.25, -0.2) is 0 Å². The molecule has 1 unspecified atom stereocenters. The SMILES string of the molecule is CCP(=O)(O)CCC(=O)OCCO. The fourth-order valence-electron chi connectivity index (χ4n) is 0.656. The van der Waals surface area contributed by atoms with Crippen LogP contribution in [0.5, 0.6) is 0 Å². The normalized spacial score (nSPS) is 15.0. The summed E-state index contributed by atoms with van der Waals surface area (Å²) in [5.74, 6) is -0.545. The van der Waals surface area contributed by atoms with Gasteiger partial charge in [0.05, 0.1) is 13.0 Å². The van der Waals surface area contributed by atoms with Crippen molar-refractivity contribution >= 4 is 13.3 Å². The maximum Gasteiger partial charge on any atom is 0.306 e. The third-order valence-electron chi connectivity index (χ3n) is 1.51. The highest BCUT2D eigenvalue weighted by Crippen LogP contribution is 2.40. The standard InChI is InChI=1S/C7H15O5P/c1-2-13(10,11)6-3-7(9)12-5-4-8/h8H,2-6H2,1H3,(H,10,11). The molecule has 0 amide bonds. The molecule has 0 rings (SSSR count). The molecule has 0 aromatic heterocycles. The minimum atomic E-state index is -3.12. The molecule has 0 saturated heterocycles. The highest BCUT2D eigenvalue weighted by Gasteiger charge is 2.17. The maximum absolute atomic E-state index is 11.1. The molecule has 5 nitrogen and oxygen atoms in total. The van der Waals surface area contributed by atoms with Gasteiger partial charge in [-0.15, -0.1) is 0 Å². The van der Waals surface area contributed by atoms with E-state index in [1.807, 2.05) is 0 Å². The molecule has 0 radical (unpaired) electrons. The molecule has 78 valence electrons. The molecule has 13 heavy (non-hydrogen) atoms. The Hall–Kier alpha value is -0.380. The number of aliphatic hydroxyl groups is 1. The van der Waals surface area contributed by atoms with Crippen LogP contribution in [-0.2, 0) is 14.1 Å². The van der Waals surface area contributed by atoms with Crippen LogP contribution in [0.3, 0.4) is 0 Å². The Morgan fingerprint density at radius 2 is 2.15 bits per heavy atom. The molecule has 0 aliphatic rings. The minimum Gasteiger partial charge on any atom is -0.463 e. The first kappa shape index (κ1) is 12.6. The Morgan fingerprint density at radius 1 is 1.54 bits per heavy atom. The number of rotatable bonds is 6. The van der Waals surface area contributed by atoms with E-state index in [0.29, 0.717) is 0 Å². The summed E-state index contributed by atoms with van der Waals surface area (Å²) in [5, 5.41) is 8.31. The van der Waals surface area contributed by atoms with Crippen molar-refractivity contribution in [2.75, 3.05) is 25.5 Å². The monoisotopic (exact) mass is 210 g/mol. The van der Waals surface area contributed by atoms with E-state index in [1.54, 1.807) is 6.92 Å². The summed E-state index contributed by atoms with van der Waals surface area (Å²) < 4.78 is 15.6. The van der Waals surface area contributed by atoms with E-state index in [1.165, 1.54) is 0 Å². The third-order valence-corrected chi connectivity index (χ3v) is 3.42. The van der Waals surface area contributed by atoms with Crippen molar-refractivity contribution in [1.82, 2.24) is 0 Å². The summed E-state index contributed by atoms with van der Waals surface area (Å²) in [6.07, 6.45) is 0.0512. The number of hydrogen-bond acceptors (Lipinski definition) is 4. The zero-order valence-corrected chi connectivity index (χ0v) is 8.50. The van der Waals surface area contributed by atoms with Crippen molar-refractivity contribution in [3.63, 3.8) is 0 Å². The van der Waals surface area contributed by atoms with Crippen molar-refractivity contribution in [2.24, 2.45) is 0 Å². The number of aliphatic hydroxyl groups excluding tert-OH is 1. The molecular formula is C7H15O5P. The van der Waals surface area contributed by atoms with Gasteiger partial charge in [-0.2, -0.15) is 0 Å². The number of carbonyl (C=O) groups is 1. The number of carbonyl (C=O) groups excluding carboxylic acids is 1. The minimum absolute atomic E-state index is 0.0479. The van der Waals surface area contributed by atoms with Gasteiger partial charge in [-0.05, 0) is 0 Å². The van der Waals surface area contributed by atoms with Gasteiger partial charge in [0.1, 0.15) is 6.61 Å². The summed E-state index contributed by atoms with van der Waals surface area (Å²) in [6, 6.07) is 0. The quantitative estimate of drug-likeness (QED) is 0.483.